The lowest BCUT2D eigenvalue weighted by atomic mass is 9.74. The van der Waals surface area contributed by atoms with Gasteiger partial charge < -0.3 is 5.32 Å². The van der Waals surface area contributed by atoms with Gasteiger partial charge in [-0.05, 0) is 37.5 Å². The SMILES string of the molecule is CNc1nc2c(s1)CC1(CCCC1)CC2. The maximum Gasteiger partial charge on any atom is 0.182 e. The maximum atomic E-state index is 4.63. The molecule has 0 atom stereocenters. The molecule has 1 heterocycles. The Balaban J connectivity index is 1.88. The van der Waals surface area contributed by atoms with Crippen LogP contribution >= 0.6 is 11.3 Å². The number of aryl methyl sites for hydroxylation is 1. The third-order valence-corrected chi connectivity index (χ3v) is 5.20. The second kappa shape index (κ2) is 3.48. The second-order valence-electron chi connectivity index (χ2n) is 5.02. The minimum absolute atomic E-state index is 0.671. The highest BCUT2D eigenvalue weighted by atomic mass is 32.1. The van der Waals surface area contributed by atoms with Crippen LogP contribution in [0.5, 0.6) is 0 Å². The molecule has 1 saturated carbocycles. The molecule has 3 heteroatoms. The summed E-state index contributed by atoms with van der Waals surface area (Å²) in [5, 5.41) is 4.28. The van der Waals surface area contributed by atoms with Gasteiger partial charge in [0.15, 0.2) is 5.13 Å². The molecule has 0 saturated heterocycles. The Labute approximate surface area is 95.1 Å². The quantitative estimate of drug-likeness (QED) is 0.789. The molecule has 0 unspecified atom stereocenters. The van der Waals surface area contributed by atoms with Crippen molar-refractivity contribution in [1.29, 1.82) is 0 Å². The minimum Gasteiger partial charge on any atom is -0.365 e. The summed E-state index contributed by atoms with van der Waals surface area (Å²) in [6.07, 6.45) is 9.72. The maximum absolute atomic E-state index is 4.63. The van der Waals surface area contributed by atoms with Crippen LogP contribution in [0, 0.1) is 5.41 Å². The average Bonchev–Trinajstić information content (AvgIpc) is 2.85. The molecule has 15 heavy (non-hydrogen) atoms. The van der Waals surface area contributed by atoms with Crippen molar-refractivity contribution in [2.24, 2.45) is 5.41 Å². The Morgan fingerprint density at radius 2 is 2.07 bits per heavy atom. The Morgan fingerprint density at radius 3 is 2.80 bits per heavy atom. The highest BCUT2D eigenvalue weighted by Crippen LogP contribution is 2.49. The van der Waals surface area contributed by atoms with Crippen molar-refractivity contribution in [2.45, 2.75) is 44.9 Å². The summed E-state index contributed by atoms with van der Waals surface area (Å²) in [6, 6.07) is 0. The molecule has 0 aromatic carbocycles. The summed E-state index contributed by atoms with van der Waals surface area (Å²) in [6.45, 7) is 0. The zero-order chi connectivity index (χ0) is 10.3. The number of anilines is 1. The zero-order valence-electron chi connectivity index (χ0n) is 9.31. The van der Waals surface area contributed by atoms with Crippen LogP contribution in [0.15, 0.2) is 0 Å². The highest BCUT2D eigenvalue weighted by molar-refractivity contribution is 7.15. The lowest BCUT2D eigenvalue weighted by Gasteiger charge is -2.32. The van der Waals surface area contributed by atoms with Crippen molar-refractivity contribution in [3.05, 3.63) is 10.6 Å². The molecule has 1 aromatic rings. The molecule has 0 amide bonds. The van der Waals surface area contributed by atoms with E-state index in [0.29, 0.717) is 5.41 Å². The third kappa shape index (κ3) is 1.57. The Morgan fingerprint density at radius 1 is 1.27 bits per heavy atom. The van der Waals surface area contributed by atoms with Crippen LogP contribution in [0.3, 0.4) is 0 Å². The molecule has 2 aliphatic rings. The molecule has 82 valence electrons. The smallest absolute Gasteiger partial charge is 0.182 e. The number of hydrogen-bond donors (Lipinski definition) is 1. The van der Waals surface area contributed by atoms with Crippen molar-refractivity contribution >= 4 is 16.5 Å². The van der Waals surface area contributed by atoms with Gasteiger partial charge in [0.2, 0.25) is 0 Å². The van der Waals surface area contributed by atoms with Crippen molar-refractivity contribution in [3.8, 4) is 0 Å². The average molecular weight is 222 g/mol. The van der Waals surface area contributed by atoms with Crippen molar-refractivity contribution in [2.75, 3.05) is 12.4 Å². The fraction of sp³-hybridized carbons (Fsp3) is 0.750. The Hall–Kier alpha value is -0.570. The van der Waals surface area contributed by atoms with Gasteiger partial charge in [-0.25, -0.2) is 4.98 Å². The first kappa shape index (κ1) is 9.64. The first-order chi connectivity index (χ1) is 7.31. The van der Waals surface area contributed by atoms with Gasteiger partial charge in [0.1, 0.15) is 0 Å². The largest absolute Gasteiger partial charge is 0.365 e. The normalized spacial score (nSPS) is 23.0. The number of hydrogen-bond acceptors (Lipinski definition) is 3. The van der Waals surface area contributed by atoms with Gasteiger partial charge in [0, 0.05) is 11.9 Å². The van der Waals surface area contributed by atoms with Gasteiger partial charge in [-0.2, -0.15) is 0 Å². The van der Waals surface area contributed by atoms with E-state index >= 15 is 0 Å². The van der Waals surface area contributed by atoms with Gasteiger partial charge >= 0.3 is 0 Å². The van der Waals surface area contributed by atoms with Crippen LogP contribution < -0.4 is 5.32 Å². The summed E-state index contributed by atoms with van der Waals surface area (Å²) in [7, 11) is 1.97. The fourth-order valence-corrected chi connectivity index (χ4v) is 4.32. The van der Waals surface area contributed by atoms with E-state index in [2.05, 4.69) is 10.3 Å². The first-order valence-electron chi connectivity index (χ1n) is 5.98. The van der Waals surface area contributed by atoms with Gasteiger partial charge in [0.05, 0.1) is 5.69 Å². The van der Waals surface area contributed by atoms with Crippen LogP contribution in [0.25, 0.3) is 0 Å². The molecule has 2 aliphatic carbocycles. The van der Waals surface area contributed by atoms with Crippen molar-refractivity contribution in [3.63, 3.8) is 0 Å². The van der Waals surface area contributed by atoms with E-state index in [9.17, 15) is 0 Å². The van der Waals surface area contributed by atoms with E-state index in [-0.39, 0.29) is 0 Å². The molecular formula is C12H18N2S. The molecule has 0 aliphatic heterocycles. The Kier molecular flexibility index (Phi) is 2.23. The van der Waals surface area contributed by atoms with Crippen LogP contribution in [-0.4, -0.2) is 12.0 Å². The van der Waals surface area contributed by atoms with Crippen LogP contribution in [0.1, 0.15) is 42.7 Å². The molecule has 3 rings (SSSR count). The van der Waals surface area contributed by atoms with Gasteiger partial charge in [-0.15, -0.1) is 11.3 Å². The molecule has 1 N–H and O–H groups in total. The zero-order valence-corrected chi connectivity index (χ0v) is 10.1. The third-order valence-electron chi connectivity index (χ3n) is 4.08. The van der Waals surface area contributed by atoms with E-state index in [1.807, 2.05) is 18.4 Å². The number of nitrogens with one attached hydrogen (secondary N) is 1. The number of thiazole rings is 1. The summed E-state index contributed by atoms with van der Waals surface area (Å²) in [5.74, 6) is 0. The molecule has 1 fully saturated rings. The summed E-state index contributed by atoms with van der Waals surface area (Å²) >= 11 is 1.87. The van der Waals surface area contributed by atoms with E-state index in [1.165, 1.54) is 50.6 Å². The van der Waals surface area contributed by atoms with E-state index in [1.54, 1.807) is 4.88 Å². The van der Waals surface area contributed by atoms with Crippen LogP contribution in [0.4, 0.5) is 5.13 Å². The highest BCUT2D eigenvalue weighted by Gasteiger charge is 2.38. The number of nitrogens with zero attached hydrogens (tertiary/aromatic N) is 1. The summed E-state index contributed by atoms with van der Waals surface area (Å²) in [4.78, 5) is 6.19. The molecule has 1 spiro atoms. The van der Waals surface area contributed by atoms with Crippen LogP contribution in [0.2, 0.25) is 0 Å². The number of rotatable bonds is 1. The molecule has 2 nitrogen and oxygen atoms in total. The second-order valence-corrected chi connectivity index (χ2v) is 6.11. The predicted molar refractivity (Wildman–Crippen MR) is 64.6 cm³/mol. The standard InChI is InChI=1S/C12H18N2S/c1-13-11-14-9-4-7-12(5-2-3-6-12)8-10(9)15-11/h2-8H2,1H3,(H,13,14). The topological polar surface area (TPSA) is 24.9 Å². The molecule has 0 radical (unpaired) electrons. The first-order valence-corrected chi connectivity index (χ1v) is 6.79. The van der Waals surface area contributed by atoms with Crippen LogP contribution in [-0.2, 0) is 12.8 Å². The van der Waals surface area contributed by atoms with E-state index in [4.69, 9.17) is 0 Å². The molecular weight excluding hydrogens is 204 g/mol. The fourth-order valence-electron chi connectivity index (χ4n) is 3.19. The van der Waals surface area contributed by atoms with E-state index in [0.717, 1.165) is 5.13 Å². The molecule has 0 bridgehead atoms. The van der Waals surface area contributed by atoms with Gasteiger partial charge in [-0.1, -0.05) is 12.8 Å². The molecule has 1 aromatic heterocycles. The van der Waals surface area contributed by atoms with Crippen molar-refractivity contribution in [1.82, 2.24) is 4.98 Å². The van der Waals surface area contributed by atoms with Gasteiger partial charge in [-0.3, -0.25) is 0 Å². The van der Waals surface area contributed by atoms with Crippen molar-refractivity contribution < 1.29 is 0 Å². The lowest BCUT2D eigenvalue weighted by Crippen LogP contribution is -2.24. The number of aromatic nitrogens is 1. The monoisotopic (exact) mass is 222 g/mol. The Bertz CT molecular complexity index is 364. The lowest BCUT2D eigenvalue weighted by molar-refractivity contribution is 0.256. The van der Waals surface area contributed by atoms with E-state index < -0.39 is 0 Å². The number of fused-ring (bicyclic) bond motifs is 1. The summed E-state index contributed by atoms with van der Waals surface area (Å²) in [5.41, 5.74) is 2.05. The predicted octanol–water partition coefficient (Wildman–Crippen LogP) is 3.23. The summed E-state index contributed by atoms with van der Waals surface area (Å²) < 4.78 is 0. The van der Waals surface area contributed by atoms with Gasteiger partial charge in [0.25, 0.3) is 0 Å². The minimum atomic E-state index is 0.671.